The molecule has 0 atom stereocenters. The Balaban J connectivity index is 0.00000729. The van der Waals surface area contributed by atoms with Gasteiger partial charge in [0.1, 0.15) is 5.60 Å². The lowest BCUT2D eigenvalue weighted by molar-refractivity contribution is 0.0253. The van der Waals surface area contributed by atoms with E-state index in [4.69, 9.17) is 4.74 Å². The number of hydrogen-bond donors (Lipinski definition) is 2. The molecular formula is C19H37IN6O2. The van der Waals surface area contributed by atoms with Gasteiger partial charge in [0.2, 0.25) is 0 Å². The number of hydrogen-bond acceptors (Lipinski definition) is 4. The maximum Gasteiger partial charge on any atom is 0.410 e. The number of halogens is 1. The van der Waals surface area contributed by atoms with E-state index in [-0.39, 0.29) is 30.1 Å². The molecule has 0 bridgehead atoms. The second-order valence-corrected chi connectivity index (χ2v) is 7.59. The van der Waals surface area contributed by atoms with Crippen molar-refractivity contribution in [1.29, 1.82) is 0 Å². The summed E-state index contributed by atoms with van der Waals surface area (Å²) in [7, 11) is 3.67. The van der Waals surface area contributed by atoms with Crippen LogP contribution >= 0.6 is 24.0 Å². The average Bonchev–Trinajstić information content (AvgIpc) is 2.80. The molecule has 28 heavy (non-hydrogen) atoms. The van der Waals surface area contributed by atoms with Gasteiger partial charge in [0.05, 0.1) is 5.69 Å². The quantitative estimate of drug-likeness (QED) is 0.336. The van der Waals surface area contributed by atoms with Crippen molar-refractivity contribution in [3.63, 3.8) is 0 Å². The molecule has 0 aliphatic carbocycles. The number of rotatable bonds is 7. The van der Waals surface area contributed by atoms with Crippen molar-refractivity contribution >= 4 is 36.0 Å². The molecule has 2 N–H and O–H groups in total. The minimum atomic E-state index is -0.493. The van der Waals surface area contributed by atoms with Gasteiger partial charge in [-0.1, -0.05) is 6.92 Å². The molecule has 0 fully saturated rings. The predicted molar refractivity (Wildman–Crippen MR) is 124 cm³/mol. The van der Waals surface area contributed by atoms with Gasteiger partial charge in [0.15, 0.2) is 5.96 Å². The van der Waals surface area contributed by atoms with Gasteiger partial charge < -0.3 is 20.3 Å². The molecule has 8 nitrogen and oxygen atoms in total. The summed E-state index contributed by atoms with van der Waals surface area (Å²) in [6, 6.07) is 0. The maximum absolute atomic E-state index is 12.3. The lowest BCUT2D eigenvalue weighted by Crippen LogP contribution is -2.44. The van der Waals surface area contributed by atoms with Crippen LogP contribution in [-0.4, -0.2) is 59.0 Å². The van der Waals surface area contributed by atoms with Crippen LogP contribution in [0, 0.1) is 13.8 Å². The third-order valence-electron chi connectivity index (χ3n) is 4.13. The smallest absolute Gasteiger partial charge is 0.410 e. The summed E-state index contributed by atoms with van der Waals surface area (Å²) < 4.78 is 7.36. The van der Waals surface area contributed by atoms with Crippen LogP contribution in [0.25, 0.3) is 0 Å². The summed E-state index contributed by atoms with van der Waals surface area (Å²) in [6.07, 6.45) is 0.599. The molecule has 0 aromatic carbocycles. The van der Waals surface area contributed by atoms with Crippen molar-refractivity contribution in [2.45, 2.75) is 60.1 Å². The van der Waals surface area contributed by atoms with E-state index in [1.165, 1.54) is 5.56 Å². The summed E-state index contributed by atoms with van der Waals surface area (Å²) in [5.41, 5.74) is 2.82. The molecule has 0 aliphatic rings. The molecular weight excluding hydrogens is 471 g/mol. The molecule has 1 rings (SSSR count). The minimum absolute atomic E-state index is 0. The van der Waals surface area contributed by atoms with E-state index in [0.717, 1.165) is 17.8 Å². The van der Waals surface area contributed by atoms with E-state index in [0.29, 0.717) is 32.1 Å². The zero-order valence-corrected chi connectivity index (χ0v) is 20.9. The molecule has 0 aliphatic heterocycles. The summed E-state index contributed by atoms with van der Waals surface area (Å²) in [6.45, 7) is 14.2. The Labute approximate surface area is 186 Å². The van der Waals surface area contributed by atoms with Gasteiger partial charge in [0.25, 0.3) is 0 Å². The van der Waals surface area contributed by atoms with Crippen molar-refractivity contribution < 1.29 is 9.53 Å². The maximum atomic E-state index is 12.3. The molecule has 0 saturated heterocycles. The Hall–Kier alpha value is -1.52. The second kappa shape index (κ2) is 12.1. The highest BCUT2D eigenvalue weighted by molar-refractivity contribution is 14.0. The van der Waals surface area contributed by atoms with Crippen LogP contribution in [0.15, 0.2) is 4.99 Å². The van der Waals surface area contributed by atoms with E-state index in [1.807, 2.05) is 46.3 Å². The highest BCUT2D eigenvalue weighted by Crippen LogP contribution is 2.11. The molecule has 1 aromatic rings. The third-order valence-corrected chi connectivity index (χ3v) is 4.13. The van der Waals surface area contributed by atoms with Crippen molar-refractivity contribution in [3.05, 3.63) is 17.0 Å². The van der Waals surface area contributed by atoms with Gasteiger partial charge in [-0.15, -0.1) is 24.0 Å². The Morgan fingerprint density at radius 3 is 2.36 bits per heavy atom. The van der Waals surface area contributed by atoms with E-state index >= 15 is 0 Å². The van der Waals surface area contributed by atoms with Crippen molar-refractivity contribution in [1.82, 2.24) is 25.3 Å². The van der Waals surface area contributed by atoms with Crippen LogP contribution in [0.5, 0.6) is 0 Å². The highest BCUT2D eigenvalue weighted by Gasteiger charge is 2.21. The fraction of sp³-hybridized carbons (Fsp3) is 0.737. The van der Waals surface area contributed by atoms with Crippen LogP contribution in [0.2, 0.25) is 0 Å². The number of guanidine groups is 1. The SMILES string of the molecule is CCCN(CCNC(=NC)NCc1c(C)nn(C)c1C)C(=O)OC(C)(C)C.I. The van der Waals surface area contributed by atoms with Crippen molar-refractivity contribution in [2.75, 3.05) is 26.7 Å². The number of carbonyl (C=O) groups is 1. The van der Waals surface area contributed by atoms with E-state index in [9.17, 15) is 4.79 Å². The molecule has 1 heterocycles. The standard InChI is InChI=1S/C19H36N6O2.HI/c1-9-11-25(18(26)27-19(4,5)6)12-10-21-17(20-7)22-13-16-14(2)23-24(8)15(16)3;/h9-13H2,1-8H3,(H2,20,21,22);1H. The molecule has 9 heteroatoms. The molecule has 1 aromatic heterocycles. The Kier molecular flexibility index (Phi) is 11.5. The normalized spacial score (nSPS) is 11.6. The van der Waals surface area contributed by atoms with Crippen molar-refractivity contribution in [2.24, 2.45) is 12.0 Å². The van der Waals surface area contributed by atoms with Gasteiger partial charge in [-0.05, 0) is 41.0 Å². The fourth-order valence-electron chi connectivity index (χ4n) is 2.67. The van der Waals surface area contributed by atoms with Crippen molar-refractivity contribution in [3.8, 4) is 0 Å². The van der Waals surface area contributed by atoms with Gasteiger partial charge in [0, 0.05) is 51.5 Å². The first-order chi connectivity index (χ1) is 12.6. The largest absolute Gasteiger partial charge is 0.444 e. The van der Waals surface area contributed by atoms with Crippen LogP contribution in [0.3, 0.4) is 0 Å². The van der Waals surface area contributed by atoms with Gasteiger partial charge in [-0.2, -0.15) is 5.10 Å². The zero-order chi connectivity index (χ0) is 20.6. The number of aryl methyl sites for hydroxylation is 2. The van der Waals surface area contributed by atoms with Gasteiger partial charge in [-0.25, -0.2) is 4.79 Å². The van der Waals surface area contributed by atoms with Crippen LogP contribution in [0.4, 0.5) is 4.79 Å². The Morgan fingerprint density at radius 2 is 1.89 bits per heavy atom. The lowest BCUT2D eigenvalue weighted by atomic mass is 10.2. The van der Waals surface area contributed by atoms with E-state index < -0.39 is 5.60 Å². The second-order valence-electron chi connectivity index (χ2n) is 7.59. The van der Waals surface area contributed by atoms with E-state index in [1.54, 1.807) is 11.9 Å². The zero-order valence-electron chi connectivity index (χ0n) is 18.5. The van der Waals surface area contributed by atoms with Crippen LogP contribution in [-0.2, 0) is 18.3 Å². The molecule has 1 amide bonds. The topological polar surface area (TPSA) is 83.8 Å². The van der Waals surface area contributed by atoms with Crippen LogP contribution < -0.4 is 10.6 Å². The molecule has 162 valence electrons. The first-order valence-electron chi connectivity index (χ1n) is 9.50. The number of aliphatic imine (C=N–C) groups is 1. The summed E-state index contributed by atoms with van der Waals surface area (Å²) in [4.78, 5) is 18.3. The molecule has 0 spiro atoms. The first-order valence-corrected chi connectivity index (χ1v) is 9.50. The molecule has 0 radical (unpaired) electrons. The van der Waals surface area contributed by atoms with E-state index in [2.05, 4.69) is 27.6 Å². The number of amides is 1. The number of nitrogens with one attached hydrogen (secondary N) is 2. The minimum Gasteiger partial charge on any atom is -0.444 e. The number of nitrogens with zero attached hydrogens (tertiary/aromatic N) is 4. The summed E-state index contributed by atoms with van der Waals surface area (Å²) in [5, 5.41) is 11.0. The lowest BCUT2D eigenvalue weighted by Gasteiger charge is -2.27. The fourth-order valence-corrected chi connectivity index (χ4v) is 2.67. The molecule has 0 unspecified atom stereocenters. The monoisotopic (exact) mass is 508 g/mol. The summed E-state index contributed by atoms with van der Waals surface area (Å²) in [5.74, 6) is 0.693. The van der Waals surface area contributed by atoms with Gasteiger partial charge >= 0.3 is 6.09 Å². The predicted octanol–water partition coefficient (Wildman–Crippen LogP) is 2.97. The Morgan fingerprint density at radius 1 is 1.25 bits per heavy atom. The number of ether oxygens (including phenoxy) is 1. The molecule has 0 saturated carbocycles. The van der Waals surface area contributed by atoms with Gasteiger partial charge in [-0.3, -0.25) is 9.67 Å². The summed E-state index contributed by atoms with van der Waals surface area (Å²) >= 11 is 0. The third kappa shape index (κ3) is 8.66. The number of carbonyl (C=O) groups excluding carboxylic acids is 1. The first kappa shape index (κ1) is 26.5. The Bertz CT molecular complexity index is 652. The highest BCUT2D eigenvalue weighted by atomic mass is 127. The average molecular weight is 508 g/mol. The number of aromatic nitrogens is 2. The van der Waals surface area contributed by atoms with Crippen LogP contribution in [0.1, 0.15) is 51.1 Å².